The van der Waals surface area contributed by atoms with Crippen LogP contribution in [-0.4, -0.2) is 15.6 Å². The van der Waals surface area contributed by atoms with Gasteiger partial charge in [-0.2, -0.15) is 0 Å². The number of carbonyl (C=O) groups excluding carboxylic acids is 1. The second kappa shape index (κ2) is 6.37. The van der Waals surface area contributed by atoms with E-state index in [1.54, 1.807) is 38.4 Å². The van der Waals surface area contributed by atoms with Crippen LogP contribution >= 0.6 is 23.4 Å². The van der Waals surface area contributed by atoms with Gasteiger partial charge in [0.25, 0.3) is 0 Å². The number of nitrogens with zero attached hydrogens (tertiary/aromatic N) is 2. The Bertz CT molecular complexity index is 672. The number of pyridine rings is 1. The smallest absolute Gasteiger partial charge is 0.267 e. The molecule has 1 heterocycles. The zero-order valence-electron chi connectivity index (χ0n) is 11.5. The molecule has 0 radical (unpaired) electrons. The van der Waals surface area contributed by atoms with Crippen LogP contribution in [0, 0.1) is 4.91 Å². The van der Waals surface area contributed by atoms with E-state index < -0.39 is 10.7 Å². The Balaban J connectivity index is 2.40. The highest BCUT2D eigenvalue weighted by molar-refractivity contribution is 8.01. The normalized spacial score (nSPS) is 11.2. The number of amides is 1. The summed E-state index contributed by atoms with van der Waals surface area (Å²) in [5.74, 6) is -0.689. The Morgan fingerprint density at radius 3 is 2.52 bits per heavy atom. The molecule has 1 aromatic carbocycles. The lowest BCUT2D eigenvalue weighted by molar-refractivity contribution is -0.119. The third kappa shape index (κ3) is 3.68. The van der Waals surface area contributed by atoms with Gasteiger partial charge < -0.3 is 0 Å². The average molecular weight is 321 g/mol. The van der Waals surface area contributed by atoms with E-state index in [0.29, 0.717) is 5.02 Å². The van der Waals surface area contributed by atoms with Gasteiger partial charge in [-0.05, 0) is 37.6 Å². The Morgan fingerprint density at radius 2 is 1.90 bits per heavy atom. The molecular weight excluding hydrogens is 308 g/mol. The summed E-state index contributed by atoms with van der Waals surface area (Å²) in [7, 11) is 0. The lowest BCUT2D eigenvalue weighted by Crippen LogP contribution is -2.25. The molecular formula is C15H13ClN2O2S. The molecule has 0 unspecified atom stereocenters. The number of thioether (sulfide) groups is 1. The van der Waals surface area contributed by atoms with Crippen molar-refractivity contribution >= 4 is 29.3 Å². The summed E-state index contributed by atoms with van der Waals surface area (Å²) in [6, 6.07) is 9.17. The molecule has 2 rings (SSSR count). The molecule has 0 aliphatic rings. The third-order valence-corrected chi connectivity index (χ3v) is 4.41. The Kier molecular flexibility index (Phi) is 4.75. The highest BCUT2D eigenvalue weighted by Crippen LogP contribution is 2.39. The largest absolute Gasteiger partial charge is 0.302 e. The quantitative estimate of drug-likeness (QED) is 0.611. The van der Waals surface area contributed by atoms with Gasteiger partial charge >= 0.3 is 5.91 Å². The molecule has 0 aliphatic carbocycles. The molecule has 0 aliphatic heterocycles. The Hall–Kier alpha value is -1.72. The topological polar surface area (TPSA) is 59.4 Å². The van der Waals surface area contributed by atoms with Crippen LogP contribution in [0.2, 0.25) is 5.02 Å². The number of rotatable bonds is 4. The lowest BCUT2D eigenvalue weighted by Gasteiger charge is -2.20. The zero-order valence-corrected chi connectivity index (χ0v) is 13.1. The van der Waals surface area contributed by atoms with Gasteiger partial charge in [-0.25, -0.2) is 0 Å². The van der Waals surface area contributed by atoms with Crippen molar-refractivity contribution < 1.29 is 4.79 Å². The van der Waals surface area contributed by atoms with Crippen LogP contribution < -0.4 is 0 Å². The maximum absolute atomic E-state index is 11.6. The van der Waals surface area contributed by atoms with Gasteiger partial charge in [-0.3, -0.25) is 9.78 Å². The molecule has 0 fully saturated rings. The number of carbonyl (C=O) groups is 1. The third-order valence-electron chi connectivity index (χ3n) is 2.90. The van der Waals surface area contributed by atoms with Crippen molar-refractivity contribution in [3.05, 3.63) is 52.7 Å². The van der Waals surface area contributed by atoms with Crippen molar-refractivity contribution in [1.29, 1.82) is 0 Å². The molecule has 108 valence electrons. The van der Waals surface area contributed by atoms with Crippen molar-refractivity contribution in [1.82, 2.24) is 4.98 Å². The van der Waals surface area contributed by atoms with Gasteiger partial charge in [-0.15, -0.1) is 16.7 Å². The molecule has 0 spiro atoms. The highest BCUT2D eigenvalue weighted by atomic mass is 35.5. The van der Waals surface area contributed by atoms with Crippen LogP contribution in [0.25, 0.3) is 11.1 Å². The predicted octanol–water partition coefficient (Wildman–Crippen LogP) is 4.57. The van der Waals surface area contributed by atoms with Crippen LogP contribution in [0.15, 0.2) is 52.8 Å². The van der Waals surface area contributed by atoms with Crippen LogP contribution in [-0.2, 0) is 4.79 Å². The van der Waals surface area contributed by atoms with Gasteiger partial charge in [0, 0.05) is 33.1 Å². The number of benzene rings is 1. The van der Waals surface area contributed by atoms with E-state index in [4.69, 9.17) is 11.6 Å². The summed E-state index contributed by atoms with van der Waals surface area (Å²) in [6.07, 6.45) is 3.37. The fourth-order valence-electron chi connectivity index (χ4n) is 1.75. The first kappa shape index (κ1) is 15.7. The van der Waals surface area contributed by atoms with E-state index in [9.17, 15) is 9.70 Å². The van der Waals surface area contributed by atoms with E-state index in [1.807, 2.05) is 18.2 Å². The molecule has 21 heavy (non-hydrogen) atoms. The summed E-state index contributed by atoms with van der Waals surface area (Å²) >= 11 is 7.18. The van der Waals surface area contributed by atoms with E-state index >= 15 is 0 Å². The molecule has 0 N–H and O–H groups in total. The lowest BCUT2D eigenvalue weighted by atomic mass is 10.1. The zero-order chi connectivity index (χ0) is 15.5. The van der Waals surface area contributed by atoms with E-state index in [1.165, 1.54) is 11.8 Å². The number of aromatic nitrogens is 1. The first-order chi connectivity index (χ1) is 9.94. The number of halogens is 1. The monoisotopic (exact) mass is 320 g/mol. The molecule has 0 saturated heterocycles. The minimum Gasteiger partial charge on any atom is -0.267 e. The van der Waals surface area contributed by atoms with Gasteiger partial charge in [0.1, 0.15) is 0 Å². The van der Waals surface area contributed by atoms with Crippen molar-refractivity contribution in [3.8, 4) is 11.1 Å². The fraction of sp³-hybridized carbons (Fsp3) is 0.200. The SMILES string of the molecule is CC(C)(Sc1ccncc1-c1ccc(Cl)cc1)C(=O)N=O. The molecule has 0 bridgehead atoms. The van der Waals surface area contributed by atoms with Crippen LogP contribution in [0.5, 0.6) is 0 Å². The Labute approximate surface area is 131 Å². The first-order valence-corrected chi connectivity index (χ1v) is 7.40. The number of hydrogen-bond donors (Lipinski definition) is 0. The van der Waals surface area contributed by atoms with E-state index in [2.05, 4.69) is 10.2 Å². The highest BCUT2D eigenvalue weighted by Gasteiger charge is 2.31. The van der Waals surface area contributed by atoms with Gasteiger partial charge in [0.05, 0.1) is 4.75 Å². The standard InChI is InChI=1S/C15H13ClN2O2S/c1-15(2,14(19)18-20)21-13-7-8-17-9-12(13)10-3-5-11(16)6-4-10/h3-9H,1-2H3. The molecule has 0 saturated carbocycles. The summed E-state index contributed by atoms with van der Waals surface area (Å²) < 4.78 is -0.926. The summed E-state index contributed by atoms with van der Waals surface area (Å²) in [5, 5.41) is 3.18. The van der Waals surface area contributed by atoms with Crippen LogP contribution in [0.1, 0.15) is 13.8 Å². The number of nitroso groups, excluding NO2 is 1. The van der Waals surface area contributed by atoms with Crippen molar-refractivity contribution in [2.75, 3.05) is 0 Å². The minimum atomic E-state index is -0.926. The maximum Gasteiger partial charge on any atom is 0.302 e. The van der Waals surface area contributed by atoms with Gasteiger partial charge in [0.15, 0.2) is 0 Å². The second-order valence-corrected chi connectivity index (χ2v) is 6.99. The first-order valence-electron chi connectivity index (χ1n) is 6.21. The van der Waals surface area contributed by atoms with E-state index in [-0.39, 0.29) is 0 Å². The molecule has 0 atom stereocenters. The van der Waals surface area contributed by atoms with Crippen LogP contribution in [0.4, 0.5) is 0 Å². The molecule has 1 amide bonds. The second-order valence-electron chi connectivity index (χ2n) is 4.89. The van der Waals surface area contributed by atoms with Crippen molar-refractivity contribution in [3.63, 3.8) is 0 Å². The Morgan fingerprint density at radius 1 is 1.24 bits per heavy atom. The van der Waals surface area contributed by atoms with Crippen molar-refractivity contribution in [2.45, 2.75) is 23.5 Å². The summed E-state index contributed by atoms with van der Waals surface area (Å²) in [6.45, 7) is 3.35. The summed E-state index contributed by atoms with van der Waals surface area (Å²) in [5.41, 5.74) is 1.82. The maximum atomic E-state index is 11.6. The molecule has 4 nitrogen and oxygen atoms in total. The molecule has 1 aromatic heterocycles. The predicted molar refractivity (Wildman–Crippen MR) is 85.4 cm³/mol. The fourth-order valence-corrected chi connectivity index (χ4v) is 2.96. The van der Waals surface area contributed by atoms with E-state index in [0.717, 1.165) is 16.0 Å². The van der Waals surface area contributed by atoms with Crippen LogP contribution in [0.3, 0.4) is 0 Å². The summed E-state index contributed by atoms with van der Waals surface area (Å²) in [4.78, 5) is 27.1. The van der Waals surface area contributed by atoms with Crippen molar-refractivity contribution in [2.24, 2.45) is 5.18 Å². The molecule has 6 heteroatoms. The molecule has 2 aromatic rings. The number of hydrogen-bond acceptors (Lipinski definition) is 4. The van der Waals surface area contributed by atoms with Gasteiger partial charge in [0.2, 0.25) is 0 Å². The minimum absolute atomic E-state index is 0.650. The van der Waals surface area contributed by atoms with Gasteiger partial charge in [-0.1, -0.05) is 23.7 Å². The average Bonchev–Trinajstić information content (AvgIpc) is 2.47.